The fourth-order valence-corrected chi connectivity index (χ4v) is 0.810. The van der Waals surface area contributed by atoms with Gasteiger partial charge in [0.2, 0.25) is 6.41 Å². The lowest BCUT2D eigenvalue weighted by Gasteiger charge is -2.11. The standard InChI is InChI=1S/C7H8N2O3/c10-5-8-6-2-1-3-7(4-6)9(11)12/h1-5,9,11H,(H,8,10). The van der Waals surface area contributed by atoms with Gasteiger partial charge in [0.1, 0.15) is 0 Å². The molecule has 0 aromatic heterocycles. The summed E-state index contributed by atoms with van der Waals surface area (Å²) in [5.41, 5.74) is 0.631. The van der Waals surface area contributed by atoms with Crippen LogP contribution in [-0.4, -0.2) is 11.6 Å². The predicted molar refractivity (Wildman–Crippen MR) is 41.9 cm³/mol. The van der Waals surface area contributed by atoms with Crippen molar-refractivity contribution < 1.29 is 15.2 Å². The third-order valence-electron chi connectivity index (χ3n) is 1.34. The monoisotopic (exact) mass is 168 g/mol. The van der Waals surface area contributed by atoms with Crippen LogP contribution in [0.1, 0.15) is 0 Å². The smallest absolute Gasteiger partial charge is 0.211 e. The average molecular weight is 168 g/mol. The number of nitrogens with one attached hydrogen (secondary N) is 2. The molecule has 0 saturated heterocycles. The summed E-state index contributed by atoms with van der Waals surface area (Å²) in [7, 11) is 0. The first-order chi connectivity index (χ1) is 5.74. The van der Waals surface area contributed by atoms with E-state index in [1.54, 1.807) is 12.1 Å². The summed E-state index contributed by atoms with van der Waals surface area (Å²) in [6.45, 7) is 0. The van der Waals surface area contributed by atoms with Crippen molar-refractivity contribution in [3.63, 3.8) is 0 Å². The highest BCUT2D eigenvalue weighted by atomic mass is 16.8. The van der Waals surface area contributed by atoms with E-state index in [9.17, 15) is 10.0 Å². The van der Waals surface area contributed by atoms with E-state index in [1.807, 2.05) is 0 Å². The number of hydrogen-bond acceptors (Lipinski definition) is 3. The molecule has 1 aromatic carbocycles. The van der Waals surface area contributed by atoms with Gasteiger partial charge in [0, 0.05) is 17.8 Å². The Morgan fingerprint density at radius 3 is 2.92 bits per heavy atom. The lowest BCUT2D eigenvalue weighted by molar-refractivity contribution is -0.991. The van der Waals surface area contributed by atoms with E-state index < -0.39 is 5.23 Å². The minimum atomic E-state index is -1.01. The molecule has 64 valence electrons. The van der Waals surface area contributed by atoms with Crippen molar-refractivity contribution in [1.29, 1.82) is 0 Å². The zero-order valence-electron chi connectivity index (χ0n) is 6.15. The maximum atomic E-state index is 10.4. The van der Waals surface area contributed by atoms with E-state index >= 15 is 0 Å². The Morgan fingerprint density at radius 1 is 1.58 bits per heavy atom. The van der Waals surface area contributed by atoms with E-state index in [1.165, 1.54) is 12.1 Å². The Labute approximate surface area is 68.8 Å². The van der Waals surface area contributed by atoms with Gasteiger partial charge in [0.25, 0.3) is 0 Å². The molecule has 0 saturated carbocycles. The number of amides is 1. The highest BCUT2D eigenvalue weighted by Crippen LogP contribution is 2.09. The van der Waals surface area contributed by atoms with Crippen LogP contribution >= 0.6 is 0 Å². The number of anilines is 1. The van der Waals surface area contributed by atoms with E-state index in [2.05, 4.69) is 5.32 Å². The molecular weight excluding hydrogens is 160 g/mol. The van der Waals surface area contributed by atoms with E-state index in [0.29, 0.717) is 12.1 Å². The van der Waals surface area contributed by atoms with Crippen molar-refractivity contribution in [2.75, 3.05) is 5.32 Å². The topological polar surface area (TPSA) is 76.8 Å². The largest absolute Gasteiger partial charge is 0.595 e. The summed E-state index contributed by atoms with van der Waals surface area (Å²) in [5, 5.41) is 20.4. The molecule has 0 aliphatic heterocycles. The molecule has 0 bridgehead atoms. The van der Waals surface area contributed by atoms with Gasteiger partial charge in [-0.1, -0.05) is 6.07 Å². The average Bonchev–Trinajstić information content (AvgIpc) is 2.05. The second-order valence-electron chi connectivity index (χ2n) is 2.15. The summed E-state index contributed by atoms with van der Waals surface area (Å²) >= 11 is 0. The van der Waals surface area contributed by atoms with Crippen LogP contribution in [0.15, 0.2) is 24.3 Å². The maximum absolute atomic E-state index is 10.4. The molecular formula is C7H8N2O3. The number of carbonyl (C=O) groups excluding carboxylic acids is 1. The number of carbonyl (C=O) groups is 1. The zero-order chi connectivity index (χ0) is 8.97. The van der Waals surface area contributed by atoms with Crippen LogP contribution in [0.25, 0.3) is 0 Å². The predicted octanol–water partition coefficient (Wildman–Crippen LogP) is -0.342. The molecule has 1 aromatic rings. The number of hydrogen-bond donors (Lipinski definition) is 3. The molecule has 1 amide bonds. The molecule has 0 aliphatic rings. The highest BCUT2D eigenvalue weighted by molar-refractivity contribution is 5.72. The van der Waals surface area contributed by atoms with Crippen LogP contribution in [0.2, 0.25) is 0 Å². The molecule has 1 rings (SSSR count). The van der Waals surface area contributed by atoms with E-state index in [0.717, 1.165) is 0 Å². The van der Waals surface area contributed by atoms with Crippen molar-refractivity contribution in [3.05, 3.63) is 29.5 Å². The van der Waals surface area contributed by atoms with Gasteiger partial charge >= 0.3 is 0 Å². The Morgan fingerprint density at radius 2 is 2.33 bits per heavy atom. The fourth-order valence-electron chi connectivity index (χ4n) is 0.810. The molecule has 1 atom stereocenters. The van der Waals surface area contributed by atoms with Crippen LogP contribution < -0.4 is 10.5 Å². The highest BCUT2D eigenvalue weighted by Gasteiger charge is 1.99. The summed E-state index contributed by atoms with van der Waals surface area (Å²) < 4.78 is 0. The van der Waals surface area contributed by atoms with Crippen molar-refractivity contribution in [1.82, 2.24) is 0 Å². The van der Waals surface area contributed by atoms with Crippen molar-refractivity contribution in [3.8, 4) is 0 Å². The minimum absolute atomic E-state index is 0.154. The van der Waals surface area contributed by atoms with Gasteiger partial charge < -0.3 is 10.5 Å². The van der Waals surface area contributed by atoms with Crippen LogP contribution in [0.4, 0.5) is 11.4 Å². The van der Waals surface area contributed by atoms with Gasteiger partial charge in [-0.15, -0.1) is 0 Å². The van der Waals surface area contributed by atoms with Gasteiger partial charge in [-0.3, -0.25) is 4.79 Å². The molecule has 12 heavy (non-hydrogen) atoms. The molecule has 0 radical (unpaired) electrons. The second kappa shape index (κ2) is 3.82. The van der Waals surface area contributed by atoms with Crippen LogP contribution in [0, 0.1) is 5.21 Å². The summed E-state index contributed by atoms with van der Waals surface area (Å²) in [5.74, 6) is 0. The Balaban J connectivity index is 2.87. The lowest BCUT2D eigenvalue weighted by atomic mass is 10.3. The normalized spacial score (nSPS) is 12.2. The lowest BCUT2D eigenvalue weighted by Crippen LogP contribution is -2.99. The first-order valence-corrected chi connectivity index (χ1v) is 3.27. The molecule has 1 unspecified atom stereocenters. The molecule has 0 heterocycles. The van der Waals surface area contributed by atoms with E-state index in [-0.39, 0.29) is 5.69 Å². The quantitative estimate of drug-likeness (QED) is 0.426. The third kappa shape index (κ3) is 2.03. The van der Waals surface area contributed by atoms with Gasteiger partial charge in [-0.2, -0.15) is 5.23 Å². The third-order valence-corrected chi connectivity index (χ3v) is 1.34. The SMILES string of the molecule is O=CNc1cccc([NH+]([O-])O)c1. The fraction of sp³-hybridized carbons (Fsp3) is 0. The summed E-state index contributed by atoms with van der Waals surface area (Å²) in [6.07, 6.45) is 0.501. The van der Waals surface area contributed by atoms with Crippen molar-refractivity contribution >= 4 is 17.8 Å². The Hall–Kier alpha value is -1.43. The van der Waals surface area contributed by atoms with Crippen LogP contribution in [0.3, 0.4) is 0 Å². The minimum Gasteiger partial charge on any atom is -0.595 e. The van der Waals surface area contributed by atoms with Gasteiger partial charge in [0.15, 0.2) is 5.69 Å². The maximum Gasteiger partial charge on any atom is 0.211 e. The summed E-state index contributed by atoms with van der Waals surface area (Å²) in [4.78, 5) is 10.00. The first-order valence-electron chi connectivity index (χ1n) is 3.27. The molecule has 3 N–H and O–H groups in total. The molecule has 5 heteroatoms. The molecule has 0 fully saturated rings. The van der Waals surface area contributed by atoms with Crippen molar-refractivity contribution in [2.45, 2.75) is 0 Å². The van der Waals surface area contributed by atoms with Gasteiger partial charge in [-0.05, 0) is 6.07 Å². The first kappa shape index (κ1) is 8.66. The Kier molecular flexibility index (Phi) is 2.76. The summed E-state index contributed by atoms with van der Waals surface area (Å²) in [6, 6.07) is 6.02. The zero-order valence-corrected chi connectivity index (χ0v) is 6.15. The number of benzene rings is 1. The number of rotatable bonds is 3. The van der Waals surface area contributed by atoms with Crippen molar-refractivity contribution in [2.24, 2.45) is 0 Å². The van der Waals surface area contributed by atoms with Crippen LogP contribution in [0.5, 0.6) is 0 Å². The van der Waals surface area contributed by atoms with Crippen LogP contribution in [-0.2, 0) is 4.79 Å². The Bertz CT molecular complexity index is 275. The number of quaternary nitrogens is 1. The molecule has 0 aliphatic carbocycles. The molecule has 0 spiro atoms. The second-order valence-corrected chi connectivity index (χ2v) is 2.15. The van der Waals surface area contributed by atoms with Gasteiger partial charge in [0.05, 0.1) is 0 Å². The van der Waals surface area contributed by atoms with Gasteiger partial charge in [-0.25, -0.2) is 5.21 Å². The van der Waals surface area contributed by atoms with E-state index in [4.69, 9.17) is 5.21 Å². The molecule has 5 nitrogen and oxygen atoms in total.